The molecule has 1 amide bonds. The van der Waals surface area contributed by atoms with Gasteiger partial charge in [0.15, 0.2) is 0 Å². The molecule has 1 atom stereocenters. The van der Waals surface area contributed by atoms with E-state index in [1.165, 1.54) is 36.4 Å². The van der Waals surface area contributed by atoms with Gasteiger partial charge in [-0.1, -0.05) is 18.2 Å². The number of benzene rings is 2. The summed E-state index contributed by atoms with van der Waals surface area (Å²) in [4.78, 5) is 12.1. The molecule has 1 N–H and O–H groups in total. The van der Waals surface area contributed by atoms with Crippen LogP contribution in [0.15, 0.2) is 48.5 Å². The summed E-state index contributed by atoms with van der Waals surface area (Å²) >= 11 is 0. The lowest BCUT2D eigenvalue weighted by Crippen LogP contribution is -2.26. The van der Waals surface area contributed by atoms with Crippen molar-refractivity contribution in [3.05, 3.63) is 65.5 Å². The lowest BCUT2D eigenvalue weighted by atomic mass is 10.1. The van der Waals surface area contributed by atoms with Gasteiger partial charge >= 0.3 is 6.61 Å². The summed E-state index contributed by atoms with van der Waals surface area (Å²) in [5, 5.41) is 2.71. The second-order valence-electron chi connectivity index (χ2n) is 4.65. The molecular formula is C16H14F3NO2. The van der Waals surface area contributed by atoms with E-state index in [1.54, 1.807) is 19.1 Å². The van der Waals surface area contributed by atoms with E-state index in [2.05, 4.69) is 10.1 Å². The Labute approximate surface area is 125 Å². The third kappa shape index (κ3) is 4.25. The standard InChI is InChI=1S/C16H14F3NO2/c1-10(11-5-7-13(17)8-6-11)20-15(21)12-3-2-4-14(9-12)22-16(18)19/h2-10,16H,1H3,(H,20,21)/t10-/m0/s1. The van der Waals surface area contributed by atoms with Gasteiger partial charge < -0.3 is 10.1 Å². The van der Waals surface area contributed by atoms with Gasteiger partial charge in [0.05, 0.1) is 6.04 Å². The van der Waals surface area contributed by atoms with Gasteiger partial charge in [-0.15, -0.1) is 0 Å². The zero-order valence-corrected chi connectivity index (χ0v) is 11.7. The quantitative estimate of drug-likeness (QED) is 0.909. The number of amides is 1. The SMILES string of the molecule is C[C@H](NC(=O)c1cccc(OC(F)F)c1)c1ccc(F)cc1. The number of nitrogens with one attached hydrogen (secondary N) is 1. The van der Waals surface area contributed by atoms with Crippen LogP contribution in [0.5, 0.6) is 5.75 Å². The lowest BCUT2D eigenvalue weighted by Gasteiger charge is -2.15. The summed E-state index contributed by atoms with van der Waals surface area (Å²) in [6.45, 7) is -1.21. The Bertz CT molecular complexity index is 644. The summed E-state index contributed by atoms with van der Waals surface area (Å²) in [5.74, 6) is -0.882. The molecule has 22 heavy (non-hydrogen) atoms. The van der Waals surface area contributed by atoms with Crippen molar-refractivity contribution in [2.75, 3.05) is 0 Å². The van der Waals surface area contributed by atoms with E-state index in [0.29, 0.717) is 0 Å². The van der Waals surface area contributed by atoms with Crippen molar-refractivity contribution in [3.63, 3.8) is 0 Å². The Kier molecular flexibility index (Phi) is 5.04. The molecular weight excluding hydrogens is 295 g/mol. The summed E-state index contributed by atoms with van der Waals surface area (Å²) in [7, 11) is 0. The van der Waals surface area contributed by atoms with Crippen molar-refractivity contribution in [2.24, 2.45) is 0 Å². The van der Waals surface area contributed by atoms with Gasteiger partial charge in [-0.25, -0.2) is 4.39 Å². The second-order valence-corrected chi connectivity index (χ2v) is 4.65. The van der Waals surface area contributed by atoms with Gasteiger partial charge in [-0.05, 0) is 42.8 Å². The van der Waals surface area contributed by atoms with E-state index >= 15 is 0 Å². The Morgan fingerprint density at radius 1 is 1.14 bits per heavy atom. The topological polar surface area (TPSA) is 38.3 Å². The van der Waals surface area contributed by atoms with Gasteiger partial charge in [0, 0.05) is 5.56 Å². The van der Waals surface area contributed by atoms with Crippen molar-refractivity contribution < 1.29 is 22.7 Å². The van der Waals surface area contributed by atoms with Gasteiger partial charge in [-0.2, -0.15) is 8.78 Å². The zero-order chi connectivity index (χ0) is 16.1. The van der Waals surface area contributed by atoms with E-state index in [1.807, 2.05) is 0 Å². The first-order valence-corrected chi connectivity index (χ1v) is 6.57. The molecule has 0 saturated carbocycles. The number of halogens is 3. The minimum atomic E-state index is -2.95. The predicted molar refractivity (Wildman–Crippen MR) is 75.4 cm³/mol. The van der Waals surface area contributed by atoms with Crippen LogP contribution in [-0.4, -0.2) is 12.5 Å². The molecule has 0 aliphatic carbocycles. The molecule has 0 aliphatic heterocycles. The molecule has 2 aromatic rings. The number of ether oxygens (including phenoxy) is 1. The molecule has 0 aromatic heterocycles. The molecule has 0 unspecified atom stereocenters. The first-order chi connectivity index (χ1) is 10.5. The minimum absolute atomic E-state index is 0.0860. The maximum atomic E-state index is 12.9. The van der Waals surface area contributed by atoms with Gasteiger partial charge in [-0.3, -0.25) is 4.79 Å². The predicted octanol–water partition coefficient (Wildman–Crippen LogP) is 3.92. The largest absolute Gasteiger partial charge is 0.435 e. The van der Waals surface area contributed by atoms with Crippen molar-refractivity contribution in [3.8, 4) is 5.75 Å². The van der Waals surface area contributed by atoms with Crippen LogP contribution in [0.25, 0.3) is 0 Å². The number of rotatable bonds is 5. The number of alkyl halides is 2. The summed E-state index contributed by atoms with van der Waals surface area (Å²) in [5.41, 5.74) is 0.932. The maximum Gasteiger partial charge on any atom is 0.387 e. The third-order valence-electron chi connectivity index (χ3n) is 3.04. The van der Waals surface area contributed by atoms with Crippen LogP contribution in [0.3, 0.4) is 0 Å². The van der Waals surface area contributed by atoms with Crippen LogP contribution in [0.4, 0.5) is 13.2 Å². The Morgan fingerprint density at radius 2 is 1.82 bits per heavy atom. The Hall–Kier alpha value is -2.50. The van der Waals surface area contributed by atoms with Gasteiger partial charge in [0.2, 0.25) is 0 Å². The normalized spacial score (nSPS) is 12.0. The number of carbonyl (C=O) groups is 1. The molecule has 3 nitrogen and oxygen atoms in total. The van der Waals surface area contributed by atoms with E-state index in [4.69, 9.17) is 0 Å². The molecule has 116 valence electrons. The number of hydrogen-bond donors (Lipinski definition) is 1. The highest BCUT2D eigenvalue weighted by Crippen LogP contribution is 2.18. The molecule has 2 rings (SSSR count). The van der Waals surface area contributed by atoms with Crippen LogP contribution in [0, 0.1) is 5.82 Å². The fraction of sp³-hybridized carbons (Fsp3) is 0.188. The van der Waals surface area contributed by atoms with Crippen molar-refractivity contribution in [1.82, 2.24) is 5.32 Å². The van der Waals surface area contributed by atoms with Crippen LogP contribution in [0.2, 0.25) is 0 Å². The molecule has 0 heterocycles. The van der Waals surface area contributed by atoms with E-state index in [9.17, 15) is 18.0 Å². The molecule has 6 heteroatoms. The maximum absolute atomic E-state index is 12.9. The Morgan fingerprint density at radius 3 is 2.45 bits per heavy atom. The fourth-order valence-corrected chi connectivity index (χ4v) is 1.93. The van der Waals surface area contributed by atoms with E-state index in [-0.39, 0.29) is 23.2 Å². The van der Waals surface area contributed by atoms with Crippen molar-refractivity contribution in [2.45, 2.75) is 19.6 Å². The summed E-state index contributed by atoms with van der Waals surface area (Å²) in [6, 6.07) is 10.9. The van der Waals surface area contributed by atoms with Crippen LogP contribution < -0.4 is 10.1 Å². The first kappa shape index (κ1) is 15.9. The van der Waals surface area contributed by atoms with Gasteiger partial charge in [0.1, 0.15) is 11.6 Å². The molecule has 0 bridgehead atoms. The van der Waals surface area contributed by atoms with Crippen molar-refractivity contribution in [1.29, 1.82) is 0 Å². The molecule has 0 aliphatic rings. The highest BCUT2D eigenvalue weighted by molar-refractivity contribution is 5.94. The number of hydrogen-bond acceptors (Lipinski definition) is 2. The molecule has 2 aromatic carbocycles. The summed E-state index contributed by atoms with van der Waals surface area (Å²) < 4.78 is 41.4. The molecule has 0 fully saturated rings. The average Bonchev–Trinajstić information content (AvgIpc) is 2.47. The van der Waals surface area contributed by atoms with Crippen molar-refractivity contribution >= 4 is 5.91 Å². The first-order valence-electron chi connectivity index (χ1n) is 6.57. The average molecular weight is 309 g/mol. The molecule has 0 saturated heterocycles. The zero-order valence-electron chi connectivity index (χ0n) is 11.7. The smallest absolute Gasteiger partial charge is 0.387 e. The molecule has 0 spiro atoms. The highest BCUT2D eigenvalue weighted by Gasteiger charge is 2.13. The van der Waals surface area contributed by atoms with Crippen LogP contribution in [0.1, 0.15) is 28.9 Å². The number of carbonyl (C=O) groups excluding carboxylic acids is 1. The Balaban J connectivity index is 2.06. The van der Waals surface area contributed by atoms with E-state index in [0.717, 1.165) is 5.56 Å². The van der Waals surface area contributed by atoms with Crippen LogP contribution >= 0.6 is 0 Å². The minimum Gasteiger partial charge on any atom is -0.435 e. The fourth-order valence-electron chi connectivity index (χ4n) is 1.93. The van der Waals surface area contributed by atoms with E-state index < -0.39 is 12.5 Å². The monoisotopic (exact) mass is 309 g/mol. The van der Waals surface area contributed by atoms with Gasteiger partial charge in [0.25, 0.3) is 5.91 Å². The highest BCUT2D eigenvalue weighted by atomic mass is 19.3. The lowest BCUT2D eigenvalue weighted by molar-refractivity contribution is -0.0498. The second kappa shape index (κ2) is 6.98. The summed E-state index contributed by atoms with van der Waals surface area (Å²) in [6.07, 6.45) is 0. The van der Waals surface area contributed by atoms with Crippen LogP contribution in [-0.2, 0) is 0 Å². The molecule has 0 radical (unpaired) electrons. The third-order valence-corrected chi connectivity index (χ3v) is 3.04.